The molecule has 0 atom stereocenters. The Morgan fingerprint density at radius 3 is 2.80 bits per heavy atom. The van der Waals surface area contributed by atoms with E-state index in [9.17, 15) is 0 Å². The van der Waals surface area contributed by atoms with Gasteiger partial charge in [0, 0.05) is 13.0 Å². The number of unbranched alkanes of at least 4 members (excludes halogenated alkanes) is 1. The van der Waals surface area contributed by atoms with Crippen LogP contribution in [-0.2, 0) is 4.84 Å². The van der Waals surface area contributed by atoms with Crippen molar-refractivity contribution in [3.05, 3.63) is 0 Å². The molecule has 0 bridgehead atoms. The van der Waals surface area contributed by atoms with E-state index in [-0.39, 0.29) is 6.10 Å². The van der Waals surface area contributed by atoms with Gasteiger partial charge >= 0.3 is 0 Å². The highest BCUT2D eigenvalue weighted by Gasteiger charge is 1.90. The van der Waals surface area contributed by atoms with E-state index in [2.05, 4.69) is 11.4 Å². The zero-order chi connectivity index (χ0) is 7.82. The minimum atomic E-state index is 0.242. The lowest BCUT2D eigenvalue weighted by atomic mass is 10.3. The van der Waals surface area contributed by atoms with Gasteiger partial charge in [-0.2, -0.15) is 0 Å². The van der Waals surface area contributed by atoms with Gasteiger partial charge in [-0.25, -0.2) is 5.48 Å². The molecule has 0 heterocycles. The zero-order valence-electron chi connectivity index (χ0n) is 6.68. The minimum Gasteiger partial charge on any atom is -0.299 e. The van der Waals surface area contributed by atoms with E-state index in [1.165, 1.54) is 0 Å². The van der Waals surface area contributed by atoms with Gasteiger partial charge in [-0.3, -0.25) is 4.84 Å². The van der Waals surface area contributed by atoms with Crippen molar-refractivity contribution in [3.63, 3.8) is 0 Å². The van der Waals surface area contributed by atoms with Crippen LogP contribution in [0, 0.1) is 12.3 Å². The van der Waals surface area contributed by atoms with Crippen molar-refractivity contribution in [2.75, 3.05) is 6.54 Å². The molecule has 0 aromatic rings. The predicted molar refractivity (Wildman–Crippen MR) is 42.3 cm³/mol. The van der Waals surface area contributed by atoms with Crippen LogP contribution in [0.5, 0.6) is 0 Å². The summed E-state index contributed by atoms with van der Waals surface area (Å²) in [4.78, 5) is 5.07. The van der Waals surface area contributed by atoms with Crippen molar-refractivity contribution in [1.82, 2.24) is 5.48 Å². The molecule has 0 spiro atoms. The molecule has 2 heteroatoms. The van der Waals surface area contributed by atoms with Crippen LogP contribution in [0.1, 0.15) is 26.7 Å². The maximum absolute atomic E-state index is 5.07. The maximum Gasteiger partial charge on any atom is 0.0734 e. The van der Waals surface area contributed by atoms with Crippen LogP contribution >= 0.6 is 0 Å². The fraction of sp³-hybridized carbons (Fsp3) is 0.750. The monoisotopic (exact) mass is 141 g/mol. The second-order valence-corrected chi connectivity index (χ2v) is 2.37. The molecule has 0 aromatic carbocycles. The lowest BCUT2D eigenvalue weighted by Crippen LogP contribution is -2.20. The van der Waals surface area contributed by atoms with Crippen molar-refractivity contribution < 1.29 is 4.84 Å². The van der Waals surface area contributed by atoms with Gasteiger partial charge in [0.1, 0.15) is 0 Å². The number of terminal acetylenes is 1. The molecular formula is C8H15NO. The molecule has 0 aliphatic heterocycles. The van der Waals surface area contributed by atoms with E-state index in [0.29, 0.717) is 0 Å². The third-order valence-corrected chi connectivity index (χ3v) is 0.919. The first-order chi connectivity index (χ1) is 4.77. The number of nitrogens with one attached hydrogen (secondary N) is 1. The van der Waals surface area contributed by atoms with E-state index in [0.717, 1.165) is 19.4 Å². The van der Waals surface area contributed by atoms with Gasteiger partial charge in [0.2, 0.25) is 0 Å². The summed E-state index contributed by atoms with van der Waals surface area (Å²) in [6.45, 7) is 4.80. The minimum absolute atomic E-state index is 0.242. The Bertz CT molecular complexity index is 104. The SMILES string of the molecule is C#CCCCNOC(C)C. The summed E-state index contributed by atoms with van der Waals surface area (Å²) in [5.74, 6) is 2.56. The van der Waals surface area contributed by atoms with E-state index < -0.39 is 0 Å². The van der Waals surface area contributed by atoms with E-state index >= 15 is 0 Å². The number of hydrogen-bond donors (Lipinski definition) is 1. The summed E-state index contributed by atoms with van der Waals surface area (Å²) in [5.41, 5.74) is 2.82. The van der Waals surface area contributed by atoms with E-state index in [1.807, 2.05) is 13.8 Å². The first-order valence-electron chi connectivity index (χ1n) is 3.59. The molecule has 10 heavy (non-hydrogen) atoms. The van der Waals surface area contributed by atoms with Crippen molar-refractivity contribution in [1.29, 1.82) is 0 Å². The summed E-state index contributed by atoms with van der Waals surface area (Å²) in [5, 5.41) is 0. The van der Waals surface area contributed by atoms with Crippen molar-refractivity contribution in [3.8, 4) is 12.3 Å². The predicted octanol–water partition coefficient (Wildman–Crippen LogP) is 1.33. The standard InChI is InChI=1S/C8H15NO/c1-4-5-6-7-9-10-8(2)3/h1,8-9H,5-7H2,2-3H3. The van der Waals surface area contributed by atoms with Gasteiger partial charge in [-0.05, 0) is 20.3 Å². The second-order valence-electron chi connectivity index (χ2n) is 2.37. The van der Waals surface area contributed by atoms with Gasteiger partial charge < -0.3 is 0 Å². The third-order valence-electron chi connectivity index (χ3n) is 0.919. The Kier molecular flexibility index (Phi) is 6.25. The molecule has 0 saturated heterocycles. The summed E-state index contributed by atoms with van der Waals surface area (Å²) >= 11 is 0. The zero-order valence-corrected chi connectivity index (χ0v) is 6.68. The molecule has 0 fully saturated rings. The Morgan fingerprint density at radius 2 is 2.30 bits per heavy atom. The van der Waals surface area contributed by atoms with Crippen molar-refractivity contribution >= 4 is 0 Å². The topological polar surface area (TPSA) is 21.3 Å². The van der Waals surface area contributed by atoms with Crippen molar-refractivity contribution in [2.45, 2.75) is 32.8 Å². The van der Waals surface area contributed by atoms with Gasteiger partial charge in [-0.15, -0.1) is 12.3 Å². The van der Waals surface area contributed by atoms with Crippen LogP contribution in [0.4, 0.5) is 0 Å². The van der Waals surface area contributed by atoms with Gasteiger partial charge in [0.15, 0.2) is 0 Å². The Hall–Kier alpha value is -0.520. The second kappa shape index (κ2) is 6.60. The summed E-state index contributed by atoms with van der Waals surface area (Å²) in [6.07, 6.45) is 7.08. The number of hydrogen-bond acceptors (Lipinski definition) is 2. The molecule has 0 radical (unpaired) electrons. The molecule has 0 aliphatic carbocycles. The average molecular weight is 141 g/mol. The van der Waals surface area contributed by atoms with E-state index in [4.69, 9.17) is 11.3 Å². The molecule has 2 nitrogen and oxygen atoms in total. The average Bonchev–Trinajstić information content (AvgIpc) is 1.87. The molecule has 0 saturated carbocycles. The van der Waals surface area contributed by atoms with Gasteiger partial charge in [-0.1, -0.05) is 0 Å². The first kappa shape index (κ1) is 9.48. The first-order valence-corrected chi connectivity index (χ1v) is 3.59. The van der Waals surface area contributed by atoms with Crippen LogP contribution in [0.3, 0.4) is 0 Å². The van der Waals surface area contributed by atoms with Crippen LogP contribution in [0.2, 0.25) is 0 Å². The molecule has 0 unspecified atom stereocenters. The highest BCUT2D eigenvalue weighted by molar-refractivity contribution is 4.82. The van der Waals surface area contributed by atoms with Crippen LogP contribution < -0.4 is 5.48 Å². The van der Waals surface area contributed by atoms with Crippen LogP contribution in [-0.4, -0.2) is 12.6 Å². The molecule has 0 rings (SSSR count). The smallest absolute Gasteiger partial charge is 0.0734 e. The molecule has 0 amide bonds. The quantitative estimate of drug-likeness (QED) is 0.354. The van der Waals surface area contributed by atoms with Gasteiger partial charge in [0.25, 0.3) is 0 Å². The largest absolute Gasteiger partial charge is 0.299 e. The Morgan fingerprint density at radius 1 is 1.60 bits per heavy atom. The van der Waals surface area contributed by atoms with Crippen LogP contribution in [0.25, 0.3) is 0 Å². The van der Waals surface area contributed by atoms with Crippen LogP contribution in [0.15, 0.2) is 0 Å². The highest BCUT2D eigenvalue weighted by Crippen LogP contribution is 1.85. The molecule has 0 aromatic heterocycles. The molecular weight excluding hydrogens is 126 g/mol. The number of hydroxylamine groups is 1. The van der Waals surface area contributed by atoms with E-state index in [1.54, 1.807) is 0 Å². The normalized spacial score (nSPS) is 9.80. The highest BCUT2D eigenvalue weighted by atomic mass is 16.7. The fourth-order valence-corrected chi connectivity index (χ4v) is 0.488. The number of rotatable bonds is 5. The summed E-state index contributed by atoms with van der Waals surface area (Å²) in [7, 11) is 0. The van der Waals surface area contributed by atoms with Crippen molar-refractivity contribution in [2.24, 2.45) is 0 Å². The molecule has 58 valence electrons. The lowest BCUT2D eigenvalue weighted by molar-refractivity contribution is -0.00485. The van der Waals surface area contributed by atoms with Gasteiger partial charge in [0.05, 0.1) is 6.10 Å². The fourth-order valence-electron chi connectivity index (χ4n) is 0.488. The Labute approximate surface area is 62.9 Å². The molecule has 1 N–H and O–H groups in total. The molecule has 0 aliphatic rings. The summed E-state index contributed by atoms with van der Waals surface area (Å²) < 4.78 is 0. The lowest BCUT2D eigenvalue weighted by Gasteiger charge is -2.06. The Balaban J connectivity index is 2.86. The summed E-state index contributed by atoms with van der Waals surface area (Å²) in [6, 6.07) is 0. The maximum atomic E-state index is 5.07. The third kappa shape index (κ3) is 7.48.